The second-order valence-corrected chi connectivity index (χ2v) is 4.97. The van der Waals surface area contributed by atoms with Crippen LogP contribution < -0.4 is 10.1 Å². The van der Waals surface area contributed by atoms with Gasteiger partial charge in [-0.1, -0.05) is 6.07 Å². The van der Waals surface area contributed by atoms with E-state index in [0.29, 0.717) is 5.56 Å². The molecule has 0 fully saturated rings. The summed E-state index contributed by atoms with van der Waals surface area (Å²) in [6.45, 7) is -1.19. The Labute approximate surface area is 135 Å². The van der Waals surface area contributed by atoms with Gasteiger partial charge >= 0.3 is 12.6 Å². The third-order valence-electron chi connectivity index (χ3n) is 3.05. The molecule has 0 saturated heterocycles. The topological polar surface area (TPSA) is 93.5 Å². The zero-order valence-electron chi connectivity index (χ0n) is 12.7. The van der Waals surface area contributed by atoms with E-state index in [1.807, 2.05) is 0 Å². The Hall–Kier alpha value is -2.97. The van der Waals surface area contributed by atoms with E-state index in [1.54, 1.807) is 13.0 Å². The normalized spacial score (nSPS) is 10.7. The molecule has 2 aromatic rings. The van der Waals surface area contributed by atoms with Crippen molar-refractivity contribution < 1.29 is 28.2 Å². The van der Waals surface area contributed by atoms with Gasteiger partial charge in [0.05, 0.1) is 30.4 Å². The summed E-state index contributed by atoms with van der Waals surface area (Å²) in [5, 5.41) is 15.0. The molecule has 0 aliphatic heterocycles. The molecule has 1 aromatic heterocycles. The molecule has 7 nitrogen and oxygen atoms in total. The van der Waals surface area contributed by atoms with Crippen LogP contribution in [0.1, 0.15) is 22.3 Å². The molecule has 0 aliphatic carbocycles. The Morgan fingerprint density at radius 3 is 2.83 bits per heavy atom. The van der Waals surface area contributed by atoms with E-state index in [2.05, 4.69) is 15.2 Å². The number of aliphatic carboxylic acids is 1. The maximum Gasteiger partial charge on any atom is 0.387 e. The fourth-order valence-corrected chi connectivity index (χ4v) is 1.93. The summed E-state index contributed by atoms with van der Waals surface area (Å²) in [5.41, 5.74) is 0.971. The van der Waals surface area contributed by atoms with Crippen LogP contribution >= 0.6 is 0 Å². The number of hydrogen-bond donors (Lipinski definition) is 2. The highest BCUT2D eigenvalue weighted by Crippen LogP contribution is 2.27. The Morgan fingerprint density at radius 1 is 1.42 bits per heavy atom. The minimum atomic E-state index is -3.01. The number of benzene rings is 1. The summed E-state index contributed by atoms with van der Waals surface area (Å²) in [6.07, 6.45) is 2.51. The van der Waals surface area contributed by atoms with Crippen molar-refractivity contribution in [3.8, 4) is 5.75 Å². The lowest BCUT2D eigenvalue weighted by atomic mass is 10.2. The van der Waals surface area contributed by atoms with Crippen LogP contribution in [0.4, 0.5) is 14.5 Å². The van der Waals surface area contributed by atoms with Gasteiger partial charge < -0.3 is 15.2 Å². The van der Waals surface area contributed by atoms with Crippen molar-refractivity contribution in [1.29, 1.82) is 0 Å². The van der Waals surface area contributed by atoms with Crippen molar-refractivity contribution in [3.05, 3.63) is 41.7 Å². The highest BCUT2D eigenvalue weighted by Gasteiger charge is 2.15. The maximum absolute atomic E-state index is 12.4. The molecule has 2 N–H and O–H groups in total. The van der Waals surface area contributed by atoms with Crippen LogP contribution in [-0.4, -0.2) is 33.4 Å². The van der Waals surface area contributed by atoms with Crippen molar-refractivity contribution in [2.45, 2.75) is 26.5 Å². The van der Waals surface area contributed by atoms with Crippen LogP contribution in [0, 0.1) is 6.92 Å². The third kappa shape index (κ3) is 4.77. The van der Waals surface area contributed by atoms with E-state index >= 15 is 0 Å². The fraction of sp³-hybridized carbons (Fsp3) is 0.267. The van der Waals surface area contributed by atoms with Gasteiger partial charge in [0.25, 0.3) is 5.91 Å². The highest BCUT2D eigenvalue weighted by atomic mass is 19.3. The zero-order valence-corrected chi connectivity index (χ0v) is 12.7. The number of hydrogen-bond acceptors (Lipinski definition) is 4. The Kier molecular flexibility index (Phi) is 5.46. The number of rotatable bonds is 7. The molecule has 1 heterocycles. The quantitative estimate of drug-likeness (QED) is 0.808. The summed E-state index contributed by atoms with van der Waals surface area (Å²) >= 11 is 0. The first-order valence-corrected chi connectivity index (χ1v) is 6.96. The lowest BCUT2D eigenvalue weighted by molar-refractivity contribution is -0.137. The van der Waals surface area contributed by atoms with E-state index in [-0.39, 0.29) is 30.0 Å². The lowest BCUT2D eigenvalue weighted by Crippen LogP contribution is -2.13. The van der Waals surface area contributed by atoms with Gasteiger partial charge in [0.1, 0.15) is 5.75 Å². The van der Waals surface area contributed by atoms with Crippen LogP contribution in [-0.2, 0) is 11.3 Å². The molecule has 1 aromatic carbocycles. The first kappa shape index (κ1) is 17.4. The molecular weight excluding hydrogens is 324 g/mol. The van der Waals surface area contributed by atoms with Crippen molar-refractivity contribution in [3.63, 3.8) is 0 Å². The van der Waals surface area contributed by atoms with Gasteiger partial charge in [-0.05, 0) is 24.6 Å². The van der Waals surface area contributed by atoms with Gasteiger partial charge in [-0.25, -0.2) is 0 Å². The van der Waals surface area contributed by atoms with Crippen LogP contribution in [0.15, 0.2) is 30.6 Å². The number of carboxylic acids is 1. The number of carboxylic acid groups (broad SMARTS) is 1. The molecule has 0 saturated carbocycles. The summed E-state index contributed by atoms with van der Waals surface area (Å²) in [7, 11) is 0. The molecular formula is C15H15F2N3O4. The largest absolute Gasteiger partial charge is 0.481 e. The zero-order chi connectivity index (χ0) is 17.7. The fourth-order valence-electron chi connectivity index (χ4n) is 1.93. The molecule has 0 aliphatic rings. The number of aromatic nitrogens is 2. The third-order valence-corrected chi connectivity index (χ3v) is 3.05. The number of anilines is 1. The molecule has 0 spiro atoms. The van der Waals surface area contributed by atoms with Crippen molar-refractivity contribution in [2.24, 2.45) is 0 Å². The molecule has 0 bridgehead atoms. The molecule has 2 rings (SSSR count). The van der Waals surface area contributed by atoms with Gasteiger partial charge in [0.15, 0.2) is 0 Å². The molecule has 24 heavy (non-hydrogen) atoms. The van der Waals surface area contributed by atoms with Crippen LogP contribution in [0.3, 0.4) is 0 Å². The van der Waals surface area contributed by atoms with Gasteiger partial charge in [-0.15, -0.1) is 0 Å². The minimum Gasteiger partial charge on any atom is -0.481 e. The van der Waals surface area contributed by atoms with E-state index < -0.39 is 18.5 Å². The van der Waals surface area contributed by atoms with Gasteiger partial charge in [0, 0.05) is 6.20 Å². The van der Waals surface area contributed by atoms with Gasteiger partial charge in [-0.3, -0.25) is 14.3 Å². The van der Waals surface area contributed by atoms with Crippen LogP contribution in [0.25, 0.3) is 0 Å². The lowest BCUT2D eigenvalue weighted by Gasteiger charge is -2.12. The monoisotopic (exact) mass is 339 g/mol. The van der Waals surface area contributed by atoms with E-state index in [9.17, 15) is 18.4 Å². The number of carbonyl (C=O) groups excluding carboxylic acids is 1. The first-order valence-electron chi connectivity index (χ1n) is 6.96. The molecule has 1 amide bonds. The first-order chi connectivity index (χ1) is 11.3. The Balaban J connectivity index is 2.10. The molecule has 0 atom stereocenters. The molecule has 9 heteroatoms. The summed E-state index contributed by atoms with van der Waals surface area (Å²) in [4.78, 5) is 22.7. The van der Waals surface area contributed by atoms with Gasteiger partial charge in [-0.2, -0.15) is 13.9 Å². The van der Waals surface area contributed by atoms with Crippen molar-refractivity contribution in [1.82, 2.24) is 9.78 Å². The smallest absolute Gasteiger partial charge is 0.387 e. The Morgan fingerprint density at radius 2 is 2.17 bits per heavy atom. The standard InChI is InChI=1S/C15H15F2N3O4/c1-9-2-3-11(12(6-9)24-15(16)17)19-14(23)10-7-18-20(8-10)5-4-13(21)22/h2-3,6-8,15H,4-5H2,1H3,(H,19,23)(H,21,22). The van der Waals surface area contributed by atoms with Crippen molar-refractivity contribution in [2.75, 3.05) is 5.32 Å². The predicted molar refractivity (Wildman–Crippen MR) is 80.2 cm³/mol. The number of ether oxygens (including phenoxy) is 1. The number of amides is 1. The molecule has 0 unspecified atom stereocenters. The number of nitrogens with one attached hydrogen (secondary N) is 1. The van der Waals surface area contributed by atoms with Crippen LogP contribution in [0.5, 0.6) is 5.75 Å². The number of nitrogens with zero attached hydrogens (tertiary/aromatic N) is 2. The summed E-state index contributed by atoms with van der Waals surface area (Å²) in [6, 6.07) is 4.49. The van der Waals surface area contributed by atoms with Gasteiger partial charge in [0.2, 0.25) is 0 Å². The predicted octanol–water partition coefficient (Wildman–Crippen LogP) is 2.52. The number of aryl methyl sites for hydroxylation is 2. The minimum absolute atomic E-state index is 0.101. The average molecular weight is 339 g/mol. The van der Waals surface area contributed by atoms with Crippen molar-refractivity contribution >= 4 is 17.6 Å². The van der Waals surface area contributed by atoms with E-state index in [0.717, 1.165) is 0 Å². The second kappa shape index (κ2) is 7.53. The highest BCUT2D eigenvalue weighted by molar-refractivity contribution is 6.04. The number of carbonyl (C=O) groups is 2. The summed E-state index contributed by atoms with van der Waals surface area (Å²) < 4.78 is 30.6. The molecule has 128 valence electrons. The van der Waals surface area contributed by atoms with Crippen LogP contribution in [0.2, 0.25) is 0 Å². The second-order valence-electron chi connectivity index (χ2n) is 4.97. The number of alkyl halides is 2. The Bertz CT molecular complexity index is 746. The maximum atomic E-state index is 12.4. The molecule has 0 radical (unpaired) electrons. The number of halogens is 2. The van der Waals surface area contributed by atoms with E-state index in [4.69, 9.17) is 5.11 Å². The van der Waals surface area contributed by atoms with E-state index in [1.165, 1.54) is 29.2 Å². The summed E-state index contributed by atoms with van der Waals surface area (Å²) in [5.74, 6) is -1.69. The average Bonchev–Trinajstić information content (AvgIpc) is 2.96. The SMILES string of the molecule is Cc1ccc(NC(=O)c2cnn(CCC(=O)O)c2)c(OC(F)F)c1.